The van der Waals surface area contributed by atoms with E-state index in [4.69, 9.17) is 28.9 Å². The highest BCUT2D eigenvalue weighted by Gasteiger charge is 2.16. The molecule has 0 heterocycles. The normalized spacial score (nSPS) is 11.3. The van der Waals surface area contributed by atoms with Gasteiger partial charge in [0, 0.05) is 11.6 Å². The van der Waals surface area contributed by atoms with Crippen LogP contribution in [0.1, 0.15) is 5.56 Å². The molecule has 0 saturated carbocycles. The van der Waals surface area contributed by atoms with Crippen molar-refractivity contribution in [3.8, 4) is 0 Å². The molecule has 0 aliphatic carbocycles. The van der Waals surface area contributed by atoms with Crippen molar-refractivity contribution in [3.05, 3.63) is 58.1 Å². The standard InChI is InChI=1S/C13H12Cl2N2O2S/c14-11-6-5-10(7-9(11)8-16)20(18,19)17-13-4-2-1-3-12(13)15/h1-7,17H,8,16H2. The Balaban J connectivity index is 2.38. The van der Waals surface area contributed by atoms with Crippen LogP contribution in [0.25, 0.3) is 0 Å². The van der Waals surface area contributed by atoms with Gasteiger partial charge < -0.3 is 5.73 Å². The zero-order chi connectivity index (χ0) is 14.8. The fourth-order valence-electron chi connectivity index (χ4n) is 1.62. The summed E-state index contributed by atoms with van der Waals surface area (Å²) in [5.41, 5.74) is 6.40. The van der Waals surface area contributed by atoms with Crippen LogP contribution < -0.4 is 10.5 Å². The Bertz CT molecular complexity index is 733. The van der Waals surface area contributed by atoms with Gasteiger partial charge in [0.1, 0.15) is 0 Å². The first-order valence-electron chi connectivity index (χ1n) is 5.70. The summed E-state index contributed by atoms with van der Waals surface area (Å²) in [5, 5.41) is 0.758. The average molecular weight is 331 g/mol. The first-order chi connectivity index (χ1) is 9.44. The predicted octanol–water partition coefficient (Wildman–Crippen LogP) is 3.25. The quantitative estimate of drug-likeness (QED) is 0.903. The molecule has 7 heteroatoms. The van der Waals surface area contributed by atoms with E-state index in [2.05, 4.69) is 4.72 Å². The molecule has 2 aromatic carbocycles. The number of nitrogens with two attached hydrogens (primary N) is 1. The van der Waals surface area contributed by atoms with Gasteiger partial charge in [-0.05, 0) is 35.9 Å². The highest BCUT2D eigenvalue weighted by Crippen LogP contribution is 2.25. The smallest absolute Gasteiger partial charge is 0.261 e. The summed E-state index contributed by atoms with van der Waals surface area (Å²) in [6.07, 6.45) is 0. The Morgan fingerprint density at radius 3 is 2.40 bits per heavy atom. The minimum absolute atomic E-state index is 0.0854. The molecule has 0 atom stereocenters. The zero-order valence-electron chi connectivity index (χ0n) is 10.3. The number of nitrogens with one attached hydrogen (secondary N) is 1. The first-order valence-corrected chi connectivity index (χ1v) is 7.94. The third kappa shape index (κ3) is 3.24. The number of benzene rings is 2. The van der Waals surface area contributed by atoms with Gasteiger partial charge in [-0.2, -0.15) is 0 Å². The minimum Gasteiger partial charge on any atom is -0.326 e. The minimum atomic E-state index is -3.73. The molecule has 0 radical (unpaired) electrons. The van der Waals surface area contributed by atoms with E-state index in [1.807, 2.05) is 0 Å². The van der Waals surface area contributed by atoms with Crippen molar-refractivity contribution in [1.29, 1.82) is 0 Å². The molecule has 2 rings (SSSR count). The van der Waals surface area contributed by atoms with E-state index < -0.39 is 10.0 Å². The average Bonchev–Trinajstić information content (AvgIpc) is 2.41. The summed E-state index contributed by atoms with van der Waals surface area (Å²) in [6.45, 7) is 0.161. The Labute approximate surface area is 127 Å². The highest BCUT2D eigenvalue weighted by molar-refractivity contribution is 7.92. The second-order valence-corrected chi connectivity index (χ2v) is 6.54. The van der Waals surface area contributed by atoms with E-state index in [0.717, 1.165) is 0 Å². The van der Waals surface area contributed by atoms with Crippen molar-refractivity contribution in [2.45, 2.75) is 11.4 Å². The molecule has 0 unspecified atom stereocenters. The summed E-state index contributed by atoms with van der Waals surface area (Å²) < 4.78 is 27.0. The van der Waals surface area contributed by atoms with Crippen molar-refractivity contribution in [2.75, 3.05) is 4.72 Å². The van der Waals surface area contributed by atoms with Gasteiger partial charge in [0.05, 0.1) is 15.6 Å². The van der Waals surface area contributed by atoms with E-state index in [-0.39, 0.29) is 11.4 Å². The van der Waals surface area contributed by atoms with Crippen LogP contribution >= 0.6 is 23.2 Å². The van der Waals surface area contributed by atoms with Crippen LogP contribution in [0.15, 0.2) is 47.4 Å². The number of anilines is 1. The first kappa shape index (κ1) is 15.1. The summed E-state index contributed by atoms with van der Waals surface area (Å²) in [7, 11) is -3.73. The van der Waals surface area contributed by atoms with Gasteiger partial charge >= 0.3 is 0 Å². The van der Waals surface area contributed by atoms with E-state index in [9.17, 15) is 8.42 Å². The number of halogens is 2. The molecule has 0 amide bonds. The predicted molar refractivity (Wildman–Crippen MR) is 81.6 cm³/mol. The van der Waals surface area contributed by atoms with Crippen molar-refractivity contribution < 1.29 is 8.42 Å². The molecule has 4 nitrogen and oxygen atoms in total. The molecule has 0 spiro atoms. The summed E-state index contributed by atoms with van der Waals surface area (Å²) in [5.74, 6) is 0. The van der Waals surface area contributed by atoms with Gasteiger partial charge in [0.25, 0.3) is 10.0 Å². The lowest BCUT2D eigenvalue weighted by Gasteiger charge is -2.11. The molecular weight excluding hydrogens is 319 g/mol. The molecule has 2 aromatic rings. The SMILES string of the molecule is NCc1cc(S(=O)(=O)Nc2ccccc2Cl)ccc1Cl. The summed E-state index contributed by atoms with van der Waals surface area (Å²) in [4.78, 5) is 0.0854. The largest absolute Gasteiger partial charge is 0.326 e. The lowest BCUT2D eigenvalue weighted by molar-refractivity contribution is 0.601. The van der Waals surface area contributed by atoms with E-state index in [1.54, 1.807) is 24.3 Å². The summed E-state index contributed by atoms with van der Waals surface area (Å²) in [6, 6.07) is 11.0. The van der Waals surface area contributed by atoms with Gasteiger partial charge in [-0.15, -0.1) is 0 Å². The fourth-order valence-corrected chi connectivity index (χ4v) is 3.19. The van der Waals surface area contributed by atoms with Gasteiger partial charge in [0.15, 0.2) is 0 Å². The molecule has 106 valence electrons. The Morgan fingerprint density at radius 1 is 1.05 bits per heavy atom. The second kappa shape index (κ2) is 6.01. The molecule has 0 bridgehead atoms. The third-order valence-electron chi connectivity index (χ3n) is 2.67. The Hall–Kier alpha value is -1.27. The molecular formula is C13H12Cl2N2O2S. The monoisotopic (exact) mass is 330 g/mol. The van der Waals surface area contributed by atoms with E-state index in [0.29, 0.717) is 21.3 Å². The maximum absolute atomic E-state index is 12.3. The Morgan fingerprint density at radius 2 is 1.75 bits per heavy atom. The van der Waals surface area contributed by atoms with Gasteiger partial charge in [-0.3, -0.25) is 4.72 Å². The molecule has 0 aromatic heterocycles. The number of hydrogen-bond donors (Lipinski definition) is 2. The molecule has 0 fully saturated rings. The van der Waals surface area contributed by atoms with E-state index in [1.165, 1.54) is 18.2 Å². The molecule has 3 N–H and O–H groups in total. The number of para-hydroxylation sites is 1. The fraction of sp³-hybridized carbons (Fsp3) is 0.0769. The number of sulfonamides is 1. The van der Waals surface area contributed by atoms with Crippen LogP contribution in [-0.2, 0) is 16.6 Å². The van der Waals surface area contributed by atoms with Crippen LogP contribution in [0.4, 0.5) is 5.69 Å². The van der Waals surface area contributed by atoms with Crippen LogP contribution in [0.3, 0.4) is 0 Å². The van der Waals surface area contributed by atoms with Crippen LogP contribution in [0.2, 0.25) is 10.0 Å². The lowest BCUT2D eigenvalue weighted by Crippen LogP contribution is -2.14. The van der Waals surface area contributed by atoms with Crippen molar-refractivity contribution in [3.63, 3.8) is 0 Å². The van der Waals surface area contributed by atoms with E-state index >= 15 is 0 Å². The number of rotatable bonds is 4. The number of hydrogen-bond acceptors (Lipinski definition) is 3. The second-order valence-electron chi connectivity index (χ2n) is 4.04. The molecule has 0 aliphatic heterocycles. The topological polar surface area (TPSA) is 72.2 Å². The maximum Gasteiger partial charge on any atom is 0.261 e. The van der Waals surface area contributed by atoms with Crippen LogP contribution in [-0.4, -0.2) is 8.42 Å². The molecule has 0 saturated heterocycles. The lowest BCUT2D eigenvalue weighted by atomic mass is 10.2. The van der Waals surface area contributed by atoms with Crippen molar-refractivity contribution >= 4 is 38.9 Å². The van der Waals surface area contributed by atoms with Crippen LogP contribution in [0, 0.1) is 0 Å². The Kier molecular flexibility index (Phi) is 4.55. The van der Waals surface area contributed by atoms with Crippen molar-refractivity contribution in [1.82, 2.24) is 0 Å². The van der Waals surface area contributed by atoms with Gasteiger partial charge in [0.2, 0.25) is 0 Å². The molecule has 20 heavy (non-hydrogen) atoms. The highest BCUT2D eigenvalue weighted by atomic mass is 35.5. The zero-order valence-corrected chi connectivity index (χ0v) is 12.6. The van der Waals surface area contributed by atoms with Crippen molar-refractivity contribution in [2.24, 2.45) is 5.73 Å². The maximum atomic E-state index is 12.3. The third-order valence-corrected chi connectivity index (χ3v) is 4.73. The van der Waals surface area contributed by atoms with Gasteiger partial charge in [-0.1, -0.05) is 35.3 Å². The van der Waals surface area contributed by atoms with Gasteiger partial charge in [-0.25, -0.2) is 8.42 Å². The molecule has 0 aliphatic rings. The summed E-state index contributed by atoms with van der Waals surface area (Å²) >= 11 is 11.8. The van der Waals surface area contributed by atoms with Crippen LogP contribution in [0.5, 0.6) is 0 Å².